The summed E-state index contributed by atoms with van der Waals surface area (Å²) in [6.07, 6.45) is 0. The highest BCUT2D eigenvalue weighted by Crippen LogP contribution is 2.53. The van der Waals surface area contributed by atoms with Crippen molar-refractivity contribution in [3.05, 3.63) is 92.4 Å². The molecule has 3 aromatic carbocycles. The zero-order chi connectivity index (χ0) is 15.3. The highest BCUT2D eigenvalue weighted by Gasteiger charge is 2.40. The smallest absolute Gasteiger partial charge is 0.0435 e. The summed E-state index contributed by atoms with van der Waals surface area (Å²) >= 11 is 7.25. The van der Waals surface area contributed by atoms with Gasteiger partial charge in [0.25, 0.3) is 0 Å². The largest absolute Gasteiger partial charge is 0.0622 e. The van der Waals surface area contributed by atoms with E-state index in [1.165, 1.54) is 27.8 Å². The molecule has 0 radical (unpaired) electrons. The highest BCUT2D eigenvalue weighted by atomic mass is 79.9. The van der Waals surface area contributed by atoms with Crippen molar-refractivity contribution in [1.82, 2.24) is 0 Å². The highest BCUT2D eigenvalue weighted by molar-refractivity contribution is 9.10. The molecule has 0 nitrogen and oxygen atoms in total. The van der Waals surface area contributed by atoms with Crippen molar-refractivity contribution in [3.63, 3.8) is 0 Å². The Kier molecular flexibility index (Phi) is 3.28. The minimum atomic E-state index is -0.115. The van der Waals surface area contributed by atoms with Gasteiger partial charge in [0.05, 0.1) is 0 Å². The van der Waals surface area contributed by atoms with E-state index in [4.69, 9.17) is 0 Å². The molecule has 0 heterocycles. The van der Waals surface area contributed by atoms with Crippen molar-refractivity contribution in [3.8, 4) is 11.1 Å². The van der Waals surface area contributed by atoms with Gasteiger partial charge in [0.2, 0.25) is 0 Å². The van der Waals surface area contributed by atoms with Gasteiger partial charge in [-0.15, -0.1) is 0 Å². The van der Waals surface area contributed by atoms with Crippen molar-refractivity contribution >= 4 is 31.9 Å². The van der Waals surface area contributed by atoms with Crippen LogP contribution in [0.2, 0.25) is 0 Å². The monoisotopic (exact) mass is 412 g/mol. The zero-order valence-electron chi connectivity index (χ0n) is 12.1. The van der Waals surface area contributed by atoms with Gasteiger partial charge in [-0.3, -0.25) is 0 Å². The van der Waals surface area contributed by atoms with E-state index >= 15 is 0 Å². The summed E-state index contributed by atoms with van der Waals surface area (Å²) in [6, 6.07) is 24.0. The number of fused-ring (bicyclic) bond motifs is 3. The molecule has 2 heteroatoms. The van der Waals surface area contributed by atoms with Crippen LogP contribution < -0.4 is 0 Å². The molecule has 108 valence electrons. The van der Waals surface area contributed by atoms with Gasteiger partial charge < -0.3 is 0 Å². The van der Waals surface area contributed by atoms with Crippen LogP contribution in [0.25, 0.3) is 11.1 Å². The van der Waals surface area contributed by atoms with Crippen LogP contribution in [-0.2, 0) is 5.41 Å². The number of benzene rings is 3. The van der Waals surface area contributed by atoms with Crippen molar-refractivity contribution in [1.29, 1.82) is 0 Å². The Morgan fingerprint density at radius 3 is 2.14 bits per heavy atom. The van der Waals surface area contributed by atoms with E-state index in [2.05, 4.69) is 106 Å². The lowest BCUT2D eigenvalue weighted by Crippen LogP contribution is -2.22. The third-order valence-electron chi connectivity index (χ3n) is 4.68. The van der Waals surface area contributed by atoms with Crippen LogP contribution in [0, 0.1) is 0 Å². The molecule has 3 aromatic rings. The molecule has 1 unspecified atom stereocenters. The van der Waals surface area contributed by atoms with Crippen molar-refractivity contribution < 1.29 is 0 Å². The van der Waals surface area contributed by atoms with E-state index in [0.29, 0.717) is 0 Å². The van der Waals surface area contributed by atoms with E-state index in [1.807, 2.05) is 0 Å². The molecule has 0 aliphatic heterocycles. The summed E-state index contributed by atoms with van der Waals surface area (Å²) in [4.78, 5) is 0. The Morgan fingerprint density at radius 2 is 1.36 bits per heavy atom. The molecule has 0 amide bonds. The number of hydrogen-bond acceptors (Lipinski definition) is 0. The van der Waals surface area contributed by atoms with Gasteiger partial charge in [-0.25, -0.2) is 0 Å². The van der Waals surface area contributed by atoms with Gasteiger partial charge in [-0.1, -0.05) is 74.3 Å². The fraction of sp³-hybridized carbons (Fsp3) is 0.100. The Hall–Kier alpha value is -1.38. The van der Waals surface area contributed by atoms with E-state index in [-0.39, 0.29) is 5.41 Å². The van der Waals surface area contributed by atoms with E-state index in [9.17, 15) is 0 Å². The summed E-state index contributed by atoms with van der Waals surface area (Å²) in [5.41, 5.74) is 6.59. The Bertz CT molecular complexity index is 868. The number of hydrogen-bond donors (Lipinski definition) is 0. The second-order valence-corrected chi connectivity index (χ2v) is 7.70. The molecular weight excluding hydrogens is 400 g/mol. The topological polar surface area (TPSA) is 0 Å². The standard InChI is InChI=1S/C20H14Br2/c1-20(13-5-3-2-4-6-13)18-10-8-14(21)11-17(18)16-9-7-15(22)12-19(16)20/h2-12H,1H3. The first-order valence-electron chi connectivity index (χ1n) is 7.26. The van der Waals surface area contributed by atoms with Gasteiger partial charge in [-0.05, 0) is 59.0 Å². The summed E-state index contributed by atoms with van der Waals surface area (Å²) in [6.45, 7) is 2.33. The van der Waals surface area contributed by atoms with E-state index in [1.54, 1.807) is 0 Å². The summed E-state index contributed by atoms with van der Waals surface area (Å²) in [5.74, 6) is 0. The second kappa shape index (κ2) is 5.07. The first kappa shape index (κ1) is 14.2. The maximum absolute atomic E-state index is 3.64. The molecule has 0 saturated heterocycles. The lowest BCUT2D eigenvalue weighted by molar-refractivity contribution is 0.713. The summed E-state index contributed by atoms with van der Waals surface area (Å²) < 4.78 is 2.25. The minimum absolute atomic E-state index is 0.115. The minimum Gasteiger partial charge on any atom is -0.0622 e. The van der Waals surface area contributed by atoms with Crippen LogP contribution in [0.15, 0.2) is 75.7 Å². The molecule has 1 atom stereocenters. The summed E-state index contributed by atoms with van der Waals surface area (Å²) in [5, 5.41) is 0. The normalized spacial score (nSPS) is 18.9. The molecule has 22 heavy (non-hydrogen) atoms. The van der Waals surface area contributed by atoms with Gasteiger partial charge in [0.1, 0.15) is 0 Å². The van der Waals surface area contributed by atoms with Gasteiger partial charge in [0.15, 0.2) is 0 Å². The zero-order valence-corrected chi connectivity index (χ0v) is 15.3. The van der Waals surface area contributed by atoms with Crippen LogP contribution in [-0.4, -0.2) is 0 Å². The van der Waals surface area contributed by atoms with Crippen molar-refractivity contribution in [2.45, 2.75) is 12.3 Å². The van der Waals surface area contributed by atoms with E-state index in [0.717, 1.165) is 8.95 Å². The lowest BCUT2D eigenvalue weighted by atomic mass is 9.74. The average molecular weight is 414 g/mol. The second-order valence-electron chi connectivity index (χ2n) is 5.87. The molecule has 0 N–H and O–H groups in total. The molecule has 0 fully saturated rings. The van der Waals surface area contributed by atoms with Crippen molar-refractivity contribution in [2.24, 2.45) is 0 Å². The Morgan fingerprint density at radius 1 is 0.682 bits per heavy atom. The third kappa shape index (κ3) is 1.94. The average Bonchev–Trinajstić information content (AvgIpc) is 2.78. The van der Waals surface area contributed by atoms with Crippen molar-refractivity contribution in [2.75, 3.05) is 0 Å². The maximum Gasteiger partial charge on any atom is 0.0435 e. The third-order valence-corrected chi connectivity index (χ3v) is 5.67. The number of rotatable bonds is 1. The quantitative estimate of drug-likeness (QED) is 0.424. The van der Waals surface area contributed by atoms with Gasteiger partial charge in [0, 0.05) is 14.4 Å². The van der Waals surface area contributed by atoms with Crippen LogP contribution >= 0.6 is 31.9 Å². The van der Waals surface area contributed by atoms with Gasteiger partial charge in [-0.2, -0.15) is 0 Å². The van der Waals surface area contributed by atoms with E-state index < -0.39 is 0 Å². The van der Waals surface area contributed by atoms with Crippen LogP contribution in [0.1, 0.15) is 23.6 Å². The molecule has 0 saturated carbocycles. The summed E-state index contributed by atoms with van der Waals surface area (Å²) in [7, 11) is 0. The maximum atomic E-state index is 3.64. The van der Waals surface area contributed by atoms with Gasteiger partial charge >= 0.3 is 0 Å². The molecule has 1 aliphatic carbocycles. The number of halogens is 2. The Labute approximate surface area is 147 Å². The molecular formula is C20H14Br2. The SMILES string of the molecule is CC1(c2ccccc2)c2ccc(Br)cc2-c2ccc(Br)cc21. The predicted molar refractivity (Wildman–Crippen MR) is 99.3 cm³/mol. The molecule has 0 aromatic heterocycles. The molecule has 0 bridgehead atoms. The molecule has 4 rings (SSSR count). The Balaban J connectivity index is 2.10. The first-order valence-corrected chi connectivity index (χ1v) is 8.85. The van der Waals surface area contributed by atoms with Crippen LogP contribution in [0.4, 0.5) is 0 Å². The van der Waals surface area contributed by atoms with Crippen LogP contribution in [0.3, 0.4) is 0 Å². The fourth-order valence-corrected chi connectivity index (χ4v) is 4.29. The fourth-order valence-electron chi connectivity index (χ4n) is 3.57. The first-order chi connectivity index (χ1) is 10.6. The lowest BCUT2D eigenvalue weighted by Gasteiger charge is -2.28. The molecule has 0 spiro atoms. The van der Waals surface area contributed by atoms with Crippen LogP contribution in [0.5, 0.6) is 0 Å². The molecule has 1 aliphatic rings. The predicted octanol–water partition coefficient (Wildman–Crippen LogP) is 6.55.